The van der Waals surface area contributed by atoms with Crippen molar-refractivity contribution in [3.8, 4) is 0 Å². The van der Waals surface area contributed by atoms with Crippen molar-refractivity contribution in [1.82, 2.24) is 0 Å². The monoisotopic (exact) mass is 284 g/mol. The summed E-state index contributed by atoms with van der Waals surface area (Å²) in [7, 11) is 2.13. The average Bonchev–Trinajstić information content (AvgIpc) is 2.44. The molecular weight excluding hydrogens is 276 g/mol. The molecule has 0 bridgehead atoms. The van der Waals surface area contributed by atoms with Gasteiger partial charge in [0.25, 0.3) is 26.3 Å². The lowest BCUT2D eigenvalue weighted by molar-refractivity contribution is 0.184. The van der Waals surface area contributed by atoms with Crippen LogP contribution < -0.4 is 10.9 Å². The third-order valence-corrected chi connectivity index (χ3v) is 2.51. The van der Waals surface area contributed by atoms with Gasteiger partial charge in [0.15, 0.2) is 0 Å². The van der Waals surface area contributed by atoms with E-state index < -0.39 is 23.4 Å². The van der Waals surface area contributed by atoms with Crippen molar-refractivity contribution in [3.63, 3.8) is 0 Å². The third-order valence-electron chi connectivity index (χ3n) is 2.51. The van der Waals surface area contributed by atoms with Crippen molar-refractivity contribution in [3.05, 3.63) is 60.2 Å². The van der Waals surface area contributed by atoms with Crippen LogP contribution in [0.4, 0.5) is 18.4 Å². The summed E-state index contributed by atoms with van der Waals surface area (Å²) in [4.78, 5) is 23.0. The van der Waals surface area contributed by atoms with Crippen LogP contribution in [0.5, 0.6) is 0 Å². The highest BCUT2D eigenvalue weighted by atomic mass is 19.1. The van der Waals surface area contributed by atoms with Gasteiger partial charge in [0.2, 0.25) is 0 Å². The summed E-state index contributed by atoms with van der Waals surface area (Å²) >= 11 is 0. The average molecular weight is 284 g/mol. The number of carbonyl (C=O) groups is 2. The van der Waals surface area contributed by atoms with Crippen molar-refractivity contribution in [1.29, 1.82) is 0 Å². The normalized spacial score (nSPS) is 9.81. The molecule has 3 nitrogen and oxygen atoms in total. The van der Waals surface area contributed by atoms with E-state index in [4.69, 9.17) is 0 Å². The van der Waals surface area contributed by atoms with E-state index >= 15 is 0 Å². The molecule has 21 heavy (non-hydrogen) atoms. The van der Waals surface area contributed by atoms with Crippen molar-refractivity contribution in [2.24, 2.45) is 0 Å². The van der Waals surface area contributed by atoms with E-state index in [0.717, 1.165) is 14.6 Å². The predicted octanol–water partition coefficient (Wildman–Crippen LogP) is 1.58. The van der Waals surface area contributed by atoms with Crippen molar-refractivity contribution < 1.29 is 23.1 Å². The molecule has 0 atom stereocenters. The third kappa shape index (κ3) is 4.87. The Hall–Kier alpha value is -2.43. The van der Waals surface area contributed by atoms with Gasteiger partial charge in [-0.3, -0.25) is 9.59 Å². The van der Waals surface area contributed by atoms with Gasteiger partial charge in [-0.25, -0.2) is 8.78 Å². The van der Waals surface area contributed by atoms with E-state index in [0.29, 0.717) is 10.9 Å². The second kappa shape index (κ2) is 6.83. The van der Waals surface area contributed by atoms with Crippen molar-refractivity contribution in [2.75, 3.05) is 0 Å². The Bertz CT molecular complexity index is 585. The summed E-state index contributed by atoms with van der Waals surface area (Å²) in [5.41, 5.74) is 0.826. The standard InChI is InChI=1S/C14H8B2F2O3/c17-11-5-1-9(2-6-11)15-13(19)21-14(20)16-10-3-7-12(18)8-4-10/h1-8H. The molecule has 2 aromatic rings. The fourth-order valence-corrected chi connectivity index (χ4v) is 1.55. The SMILES string of the molecule is O=C([B]c1ccc(F)cc1)OC(=O)[B]c1ccc(F)cc1. The smallest absolute Gasteiger partial charge is 0.300 e. The molecule has 0 aliphatic heterocycles. The van der Waals surface area contributed by atoms with Gasteiger partial charge in [-0.15, -0.1) is 0 Å². The van der Waals surface area contributed by atoms with Crippen LogP contribution in [-0.2, 0) is 4.74 Å². The lowest BCUT2D eigenvalue weighted by Crippen LogP contribution is -2.31. The lowest BCUT2D eigenvalue weighted by atomic mass is 9.69. The van der Waals surface area contributed by atoms with Crippen molar-refractivity contribution >= 4 is 37.2 Å². The second-order valence-corrected chi connectivity index (χ2v) is 4.13. The first-order valence-electron chi connectivity index (χ1n) is 5.99. The molecule has 0 aliphatic carbocycles. The predicted molar refractivity (Wildman–Crippen MR) is 75.5 cm³/mol. The highest BCUT2D eigenvalue weighted by molar-refractivity contribution is 6.87. The zero-order valence-corrected chi connectivity index (χ0v) is 10.8. The molecule has 0 saturated carbocycles. The first-order valence-corrected chi connectivity index (χ1v) is 5.99. The number of ether oxygens (including phenoxy) is 1. The highest BCUT2D eigenvalue weighted by Gasteiger charge is 2.15. The van der Waals surface area contributed by atoms with Gasteiger partial charge in [0.05, 0.1) is 0 Å². The van der Waals surface area contributed by atoms with E-state index in [2.05, 4.69) is 4.74 Å². The molecule has 102 valence electrons. The summed E-state index contributed by atoms with van der Waals surface area (Å²) < 4.78 is 29.9. The van der Waals surface area contributed by atoms with Crippen LogP contribution in [0.1, 0.15) is 0 Å². The minimum atomic E-state index is -0.870. The number of benzene rings is 2. The summed E-state index contributed by atoms with van der Waals surface area (Å²) in [5.74, 6) is -2.60. The van der Waals surface area contributed by atoms with Crippen molar-refractivity contribution in [2.45, 2.75) is 0 Å². The zero-order valence-electron chi connectivity index (χ0n) is 10.8. The fourth-order valence-electron chi connectivity index (χ4n) is 1.55. The minimum Gasteiger partial charge on any atom is -0.411 e. The zero-order chi connectivity index (χ0) is 15.2. The van der Waals surface area contributed by atoms with Crippen LogP contribution in [0.3, 0.4) is 0 Å². The quantitative estimate of drug-likeness (QED) is 0.632. The molecule has 0 fully saturated rings. The lowest BCUT2D eigenvalue weighted by Gasteiger charge is -2.02. The van der Waals surface area contributed by atoms with Crippen LogP contribution in [0.15, 0.2) is 48.5 Å². The molecule has 0 N–H and O–H groups in total. The molecule has 0 aromatic heterocycles. The Morgan fingerprint density at radius 3 is 1.38 bits per heavy atom. The van der Waals surface area contributed by atoms with Gasteiger partial charge < -0.3 is 4.74 Å². The molecule has 7 heteroatoms. The van der Waals surface area contributed by atoms with Gasteiger partial charge in [-0.1, -0.05) is 35.2 Å². The number of rotatable bonds is 4. The Kier molecular flexibility index (Phi) is 4.87. The first kappa shape index (κ1) is 15.0. The maximum atomic E-state index is 12.7. The van der Waals surface area contributed by atoms with Crippen LogP contribution >= 0.6 is 0 Å². The summed E-state index contributed by atoms with van der Waals surface area (Å²) in [6, 6.07) is 10.3. The van der Waals surface area contributed by atoms with Crippen LogP contribution in [0.2, 0.25) is 0 Å². The van der Waals surface area contributed by atoms with Gasteiger partial charge in [-0.2, -0.15) is 0 Å². The van der Waals surface area contributed by atoms with E-state index in [1.54, 1.807) is 0 Å². The van der Waals surface area contributed by atoms with E-state index in [-0.39, 0.29) is 0 Å². The molecule has 0 saturated heterocycles. The molecular formula is C14H8B2F2O3. The van der Waals surface area contributed by atoms with Crippen LogP contribution in [0.25, 0.3) is 0 Å². The molecule has 0 aliphatic rings. The minimum absolute atomic E-state index is 0.413. The first-order chi connectivity index (χ1) is 10.0. The molecule has 2 aromatic carbocycles. The Morgan fingerprint density at radius 1 is 0.714 bits per heavy atom. The highest BCUT2D eigenvalue weighted by Crippen LogP contribution is 1.94. The number of hydrogen-bond acceptors (Lipinski definition) is 3. The molecule has 0 heterocycles. The van der Waals surface area contributed by atoms with E-state index in [1.165, 1.54) is 48.5 Å². The number of carbonyl (C=O) groups excluding carboxylic acids is 2. The molecule has 0 amide bonds. The molecule has 0 spiro atoms. The Morgan fingerprint density at radius 2 is 1.05 bits per heavy atom. The van der Waals surface area contributed by atoms with Gasteiger partial charge in [0, 0.05) is 0 Å². The van der Waals surface area contributed by atoms with E-state index in [1.807, 2.05) is 0 Å². The van der Waals surface area contributed by atoms with Gasteiger partial charge >= 0.3 is 0 Å². The van der Waals surface area contributed by atoms with E-state index in [9.17, 15) is 18.4 Å². The molecule has 2 rings (SSSR count). The summed E-state index contributed by atoms with van der Waals surface area (Å²) in [5, 5.41) is 0. The number of halogens is 2. The van der Waals surface area contributed by atoms with Gasteiger partial charge in [-0.05, 0) is 24.3 Å². The van der Waals surface area contributed by atoms with Gasteiger partial charge in [0.1, 0.15) is 11.6 Å². The molecule has 0 unspecified atom stereocenters. The maximum absolute atomic E-state index is 12.7. The summed E-state index contributed by atoms with van der Waals surface area (Å²) in [6.07, 6.45) is 0. The molecule has 2 radical (unpaired) electrons. The van der Waals surface area contributed by atoms with Crippen LogP contribution in [0, 0.1) is 11.6 Å². The topological polar surface area (TPSA) is 43.4 Å². The maximum Gasteiger partial charge on any atom is 0.300 e. The second-order valence-electron chi connectivity index (χ2n) is 4.13. The fraction of sp³-hybridized carbons (Fsp3) is 0. The summed E-state index contributed by atoms with van der Waals surface area (Å²) in [6.45, 7) is 0. The Balaban J connectivity index is 1.85. The largest absolute Gasteiger partial charge is 0.411 e. The Labute approximate surface area is 121 Å². The number of hydrogen-bond donors (Lipinski definition) is 0. The van der Waals surface area contributed by atoms with Crippen LogP contribution in [-0.4, -0.2) is 26.3 Å².